The molecule has 0 unspecified atom stereocenters. The molecule has 24 heavy (non-hydrogen) atoms. The van der Waals surface area contributed by atoms with Crippen molar-refractivity contribution in [3.05, 3.63) is 62.5 Å². The molecule has 0 aliphatic heterocycles. The molecule has 2 rings (SSSR count). The van der Waals surface area contributed by atoms with Gasteiger partial charge in [0.2, 0.25) is 0 Å². The van der Waals surface area contributed by atoms with Crippen LogP contribution in [0.15, 0.2) is 0 Å². The van der Waals surface area contributed by atoms with Crippen LogP contribution in [0.3, 0.4) is 0 Å². The fraction of sp³-hybridized carbons (Fsp3) is 0.476. The summed E-state index contributed by atoms with van der Waals surface area (Å²) in [6, 6.07) is 3.35. The standard InChI is InChI=1S/C11H15.C10H15N.2Y/c1-7-6-8(2)10(4)11(5)9(7)3;1-7-6-11(5)10(4)9(3)8(7)2;;/h2*1-5H3;;/q-1;;;. The molecule has 0 amide bonds. The molecule has 2 radical (unpaired) electrons. The Bertz CT molecular complexity index is 590. The van der Waals surface area contributed by atoms with E-state index in [1.807, 2.05) is 7.05 Å². The molecule has 0 aliphatic rings. The topological polar surface area (TPSA) is 3.88 Å². The average Bonchev–Trinajstić information content (AvgIpc) is 2.47. The Morgan fingerprint density at radius 2 is 0.917 bits per heavy atom. The van der Waals surface area contributed by atoms with Crippen LogP contribution in [0, 0.1) is 74.6 Å². The molecule has 126 valence electrons. The molecule has 2 aromatic rings. The van der Waals surface area contributed by atoms with Gasteiger partial charge in [-0.2, -0.15) is 33.9 Å². The van der Waals surface area contributed by atoms with Gasteiger partial charge < -0.3 is 4.57 Å². The Labute approximate surface area is 199 Å². The molecule has 1 aromatic carbocycles. The van der Waals surface area contributed by atoms with Crippen molar-refractivity contribution in [2.45, 2.75) is 62.3 Å². The third-order valence-electron chi connectivity index (χ3n) is 5.13. The minimum Gasteiger partial charge on any atom is -0.311 e. The molecular formula is C21H30NY2-. The third kappa shape index (κ3) is 6.38. The van der Waals surface area contributed by atoms with E-state index in [-0.39, 0.29) is 65.4 Å². The second-order valence-corrected chi connectivity index (χ2v) is 6.38. The van der Waals surface area contributed by atoms with Crippen LogP contribution in [0.1, 0.15) is 50.2 Å². The van der Waals surface area contributed by atoms with Gasteiger partial charge in [0.15, 0.2) is 0 Å². The van der Waals surface area contributed by atoms with Gasteiger partial charge in [-0.05, 0) is 6.92 Å². The van der Waals surface area contributed by atoms with Gasteiger partial charge >= 0.3 is 0 Å². The minimum absolute atomic E-state index is 0. The Balaban J connectivity index is 0. The van der Waals surface area contributed by atoms with Crippen LogP contribution in [-0.4, -0.2) is 0 Å². The predicted molar refractivity (Wildman–Crippen MR) is 94.4 cm³/mol. The molecule has 1 heterocycles. The van der Waals surface area contributed by atoms with Gasteiger partial charge in [-0.15, -0.1) is 5.56 Å². The molecule has 3 heteroatoms. The first kappa shape index (κ1) is 26.8. The van der Waals surface area contributed by atoms with E-state index in [4.69, 9.17) is 0 Å². The molecule has 0 saturated heterocycles. The second-order valence-electron chi connectivity index (χ2n) is 6.38. The van der Waals surface area contributed by atoms with Crippen molar-refractivity contribution < 1.29 is 70.0 Å². The zero-order valence-corrected chi connectivity index (χ0v) is 22.8. The van der Waals surface area contributed by atoms with Crippen molar-refractivity contribution in [1.82, 2.24) is 0 Å². The summed E-state index contributed by atoms with van der Waals surface area (Å²) in [7, 11) is 2.04. The first-order valence-corrected chi connectivity index (χ1v) is 7.89. The smallest absolute Gasteiger partial charge is 0.116 e. The molecule has 0 N–H and O–H groups in total. The van der Waals surface area contributed by atoms with E-state index in [9.17, 15) is 0 Å². The molecule has 0 atom stereocenters. The summed E-state index contributed by atoms with van der Waals surface area (Å²) in [6.07, 6.45) is 3.26. The van der Waals surface area contributed by atoms with Crippen molar-refractivity contribution in [3.63, 3.8) is 0 Å². The Morgan fingerprint density at radius 3 is 1.33 bits per heavy atom. The van der Waals surface area contributed by atoms with Crippen molar-refractivity contribution in [2.75, 3.05) is 0 Å². The summed E-state index contributed by atoms with van der Waals surface area (Å²) in [4.78, 5) is 0. The zero-order chi connectivity index (χ0) is 17.2. The summed E-state index contributed by atoms with van der Waals surface area (Å²) in [5, 5.41) is 0. The fourth-order valence-electron chi connectivity index (χ4n) is 2.54. The maximum absolute atomic E-state index is 3.35. The largest absolute Gasteiger partial charge is 0.311 e. The van der Waals surface area contributed by atoms with Crippen LogP contribution < -0.4 is 4.57 Å². The summed E-state index contributed by atoms with van der Waals surface area (Å²) in [5.41, 5.74) is 12.0. The van der Waals surface area contributed by atoms with Crippen LogP contribution in [0.25, 0.3) is 0 Å². The number of hydrogen-bond acceptors (Lipinski definition) is 0. The molecule has 1 aromatic heterocycles. The van der Waals surface area contributed by atoms with E-state index in [1.165, 1.54) is 50.2 Å². The summed E-state index contributed by atoms with van der Waals surface area (Å²) >= 11 is 0. The van der Waals surface area contributed by atoms with Crippen LogP contribution in [0.5, 0.6) is 0 Å². The molecule has 0 saturated carbocycles. The van der Waals surface area contributed by atoms with Crippen molar-refractivity contribution >= 4 is 0 Å². The van der Waals surface area contributed by atoms with E-state index < -0.39 is 0 Å². The van der Waals surface area contributed by atoms with Gasteiger partial charge in [-0.3, -0.25) is 0 Å². The molecule has 0 aliphatic carbocycles. The zero-order valence-electron chi connectivity index (χ0n) is 17.1. The van der Waals surface area contributed by atoms with E-state index in [0.29, 0.717) is 0 Å². The van der Waals surface area contributed by atoms with Gasteiger partial charge in [0, 0.05) is 65.4 Å². The third-order valence-corrected chi connectivity index (χ3v) is 5.13. The first-order chi connectivity index (χ1) is 10.1. The number of benzene rings is 1. The van der Waals surface area contributed by atoms with Gasteiger partial charge in [0.1, 0.15) is 13.2 Å². The quantitative estimate of drug-likeness (QED) is 0.389. The van der Waals surface area contributed by atoms with Crippen molar-refractivity contribution in [2.24, 2.45) is 7.05 Å². The van der Waals surface area contributed by atoms with Crippen LogP contribution in [-0.2, 0) is 72.5 Å². The Hall–Kier alpha value is 0.578. The number of pyridine rings is 1. The predicted octanol–water partition coefficient (Wildman–Crippen LogP) is 4.57. The number of rotatable bonds is 0. The SMILES string of the molecule is Cc1[c-][n+](C)c(C)c(C)c1C.Cc1[c-]c(C)c(C)c(C)c1C.[Y].[Y]. The Morgan fingerprint density at radius 1 is 0.542 bits per heavy atom. The number of aryl methyl sites for hydroxylation is 4. The van der Waals surface area contributed by atoms with Gasteiger partial charge in [-0.1, -0.05) is 66.5 Å². The number of aromatic nitrogens is 1. The molecule has 0 bridgehead atoms. The van der Waals surface area contributed by atoms with E-state index in [0.717, 1.165) is 0 Å². The maximum Gasteiger partial charge on any atom is 0.116 e. The van der Waals surface area contributed by atoms with Crippen LogP contribution >= 0.6 is 0 Å². The minimum atomic E-state index is 0. The van der Waals surface area contributed by atoms with Gasteiger partial charge in [0.05, 0.1) is 5.69 Å². The normalized spacial score (nSPS) is 9.42. The number of nitrogens with zero attached hydrogens (tertiary/aromatic N) is 1. The maximum atomic E-state index is 3.35. The molecular weight excluding hydrogens is 444 g/mol. The van der Waals surface area contributed by atoms with E-state index in [2.05, 4.69) is 79.1 Å². The van der Waals surface area contributed by atoms with Crippen molar-refractivity contribution in [1.29, 1.82) is 0 Å². The van der Waals surface area contributed by atoms with Gasteiger partial charge in [-0.25, -0.2) is 0 Å². The van der Waals surface area contributed by atoms with E-state index >= 15 is 0 Å². The first-order valence-electron chi connectivity index (χ1n) is 7.89. The van der Waals surface area contributed by atoms with Crippen molar-refractivity contribution in [3.8, 4) is 0 Å². The number of hydrogen-bond donors (Lipinski definition) is 0. The molecule has 0 spiro atoms. The summed E-state index contributed by atoms with van der Waals surface area (Å²) < 4.78 is 2.05. The molecule has 1 nitrogen and oxygen atoms in total. The van der Waals surface area contributed by atoms with E-state index in [1.54, 1.807) is 0 Å². The Kier molecular flexibility index (Phi) is 12.6. The monoisotopic (exact) mass is 474 g/mol. The molecule has 0 fully saturated rings. The second kappa shape index (κ2) is 11.3. The summed E-state index contributed by atoms with van der Waals surface area (Å²) in [6.45, 7) is 19.3. The average molecular weight is 474 g/mol. The van der Waals surface area contributed by atoms with Crippen LogP contribution in [0.4, 0.5) is 0 Å². The summed E-state index contributed by atoms with van der Waals surface area (Å²) in [5.74, 6) is 0. The van der Waals surface area contributed by atoms with Gasteiger partial charge in [0.25, 0.3) is 0 Å². The fourth-order valence-corrected chi connectivity index (χ4v) is 2.54. The van der Waals surface area contributed by atoms with Crippen LogP contribution in [0.2, 0.25) is 0 Å².